The second kappa shape index (κ2) is 6.95. The lowest BCUT2D eigenvalue weighted by Gasteiger charge is -2.29. The fourth-order valence-electron chi connectivity index (χ4n) is 3.23. The molecule has 0 spiro atoms. The number of aromatic amines is 1. The fourth-order valence-corrected chi connectivity index (χ4v) is 3.23. The number of fused-ring (bicyclic) bond motifs is 1. The highest BCUT2D eigenvalue weighted by Crippen LogP contribution is 2.30. The monoisotopic (exact) mass is 353 g/mol. The van der Waals surface area contributed by atoms with Gasteiger partial charge in [0.05, 0.1) is 11.6 Å². The first kappa shape index (κ1) is 16.2. The molecule has 1 fully saturated rings. The minimum Gasteiger partial charge on any atom is -0.488 e. The second-order valence-electron chi connectivity index (χ2n) is 6.34. The summed E-state index contributed by atoms with van der Waals surface area (Å²) in [7, 11) is 0. The van der Waals surface area contributed by atoms with Gasteiger partial charge in [-0.15, -0.1) is 0 Å². The molecule has 9 nitrogen and oxygen atoms in total. The third-order valence-electron chi connectivity index (χ3n) is 4.49. The van der Waals surface area contributed by atoms with E-state index in [4.69, 9.17) is 10.5 Å². The van der Waals surface area contributed by atoms with Crippen molar-refractivity contribution in [3.05, 3.63) is 36.7 Å². The van der Waals surface area contributed by atoms with E-state index in [0.717, 1.165) is 31.2 Å². The Labute approximate surface area is 149 Å². The Morgan fingerprint density at radius 3 is 2.73 bits per heavy atom. The van der Waals surface area contributed by atoms with E-state index < -0.39 is 0 Å². The van der Waals surface area contributed by atoms with Crippen molar-refractivity contribution in [2.45, 2.75) is 37.8 Å². The molecule has 1 amide bonds. The third-order valence-corrected chi connectivity index (χ3v) is 4.49. The number of ether oxygens (including phenoxy) is 1. The number of amides is 1. The van der Waals surface area contributed by atoms with Crippen LogP contribution in [0.1, 0.15) is 36.3 Å². The molecule has 4 rings (SSSR count). The van der Waals surface area contributed by atoms with Crippen molar-refractivity contribution < 1.29 is 9.53 Å². The Morgan fingerprint density at radius 1 is 1.15 bits per heavy atom. The third kappa shape index (κ3) is 3.41. The molecular formula is C17H19N7O2. The topological polar surface area (TPSA) is 132 Å². The molecule has 0 unspecified atom stereocenters. The molecule has 0 saturated heterocycles. The quantitative estimate of drug-likeness (QED) is 0.605. The summed E-state index contributed by atoms with van der Waals surface area (Å²) in [5.41, 5.74) is 7.97. The highest BCUT2D eigenvalue weighted by molar-refractivity contribution is 5.90. The number of rotatable bonds is 4. The van der Waals surface area contributed by atoms with Gasteiger partial charge in [0.2, 0.25) is 5.82 Å². The number of H-pyrrole nitrogens is 1. The summed E-state index contributed by atoms with van der Waals surface area (Å²) in [5, 5.41) is 9.23. The largest absolute Gasteiger partial charge is 0.488 e. The number of carbonyl (C=O) groups is 1. The number of nitrogens with two attached hydrogens (primary N) is 1. The van der Waals surface area contributed by atoms with Gasteiger partial charge in [-0.3, -0.25) is 14.9 Å². The average molecular weight is 353 g/mol. The van der Waals surface area contributed by atoms with Gasteiger partial charge in [0, 0.05) is 30.2 Å². The maximum atomic E-state index is 12.0. The van der Waals surface area contributed by atoms with Crippen LogP contribution in [0.5, 0.6) is 5.75 Å². The molecule has 0 aliphatic heterocycles. The van der Waals surface area contributed by atoms with Crippen LogP contribution in [0.2, 0.25) is 0 Å². The predicted molar refractivity (Wildman–Crippen MR) is 94.5 cm³/mol. The van der Waals surface area contributed by atoms with Crippen LogP contribution in [-0.2, 0) is 0 Å². The zero-order chi connectivity index (χ0) is 17.9. The van der Waals surface area contributed by atoms with E-state index in [-0.39, 0.29) is 23.9 Å². The van der Waals surface area contributed by atoms with Crippen LogP contribution in [0.15, 0.2) is 30.9 Å². The molecule has 0 atom stereocenters. The minimum atomic E-state index is -0.232. The van der Waals surface area contributed by atoms with Crippen molar-refractivity contribution in [2.75, 3.05) is 5.73 Å². The summed E-state index contributed by atoms with van der Waals surface area (Å²) < 4.78 is 6.15. The maximum absolute atomic E-state index is 12.0. The lowest BCUT2D eigenvalue weighted by Crippen LogP contribution is -2.40. The summed E-state index contributed by atoms with van der Waals surface area (Å²) in [6, 6.07) is 3.67. The van der Waals surface area contributed by atoms with Crippen LogP contribution in [0.25, 0.3) is 11.0 Å². The zero-order valence-electron chi connectivity index (χ0n) is 14.1. The Balaban J connectivity index is 1.38. The van der Waals surface area contributed by atoms with Crippen LogP contribution in [0, 0.1) is 0 Å². The Hall–Kier alpha value is -3.23. The first-order valence-electron chi connectivity index (χ1n) is 8.52. The molecule has 26 heavy (non-hydrogen) atoms. The van der Waals surface area contributed by atoms with E-state index in [1.165, 1.54) is 6.33 Å². The number of aromatic nitrogens is 5. The van der Waals surface area contributed by atoms with E-state index >= 15 is 0 Å². The van der Waals surface area contributed by atoms with Crippen molar-refractivity contribution in [2.24, 2.45) is 0 Å². The molecule has 0 bridgehead atoms. The van der Waals surface area contributed by atoms with E-state index in [1.54, 1.807) is 24.5 Å². The molecule has 2 heterocycles. The molecular weight excluding hydrogens is 334 g/mol. The number of benzene rings is 1. The normalized spacial score (nSPS) is 20.0. The van der Waals surface area contributed by atoms with Gasteiger partial charge in [-0.1, -0.05) is 0 Å². The number of anilines is 1. The average Bonchev–Trinajstić information content (AvgIpc) is 3.18. The number of nitrogens with zero attached hydrogens (tertiary/aromatic N) is 4. The van der Waals surface area contributed by atoms with Gasteiger partial charge in [-0.25, -0.2) is 9.97 Å². The van der Waals surface area contributed by atoms with Gasteiger partial charge in [0.15, 0.2) is 0 Å². The van der Waals surface area contributed by atoms with Crippen LogP contribution in [-0.4, -0.2) is 43.2 Å². The molecule has 1 aliphatic rings. The van der Waals surface area contributed by atoms with Gasteiger partial charge >= 0.3 is 0 Å². The number of hydrogen-bond donors (Lipinski definition) is 3. The van der Waals surface area contributed by atoms with E-state index in [9.17, 15) is 4.79 Å². The molecule has 2 aromatic heterocycles. The molecule has 4 N–H and O–H groups in total. The number of nitrogen functional groups attached to an aromatic ring is 1. The smallest absolute Gasteiger partial charge is 0.288 e. The van der Waals surface area contributed by atoms with Crippen LogP contribution in [0.4, 0.5) is 5.69 Å². The van der Waals surface area contributed by atoms with Crippen molar-refractivity contribution in [3.8, 4) is 5.75 Å². The minimum absolute atomic E-state index is 0.0560. The van der Waals surface area contributed by atoms with Crippen molar-refractivity contribution in [1.82, 2.24) is 30.5 Å². The predicted octanol–water partition coefficient (Wildman–Crippen LogP) is 1.45. The second-order valence-corrected chi connectivity index (χ2v) is 6.34. The Bertz CT molecular complexity index is 905. The first-order chi connectivity index (χ1) is 12.7. The van der Waals surface area contributed by atoms with Crippen molar-refractivity contribution >= 4 is 22.6 Å². The van der Waals surface area contributed by atoms with Gasteiger partial charge < -0.3 is 15.8 Å². The summed E-state index contributed by atoms with van der Waals surface area (Å²) in [6.45, 7) is 0. The first-order valence-corrected chi connectivity index (χ1v) is 8.52. The van der Waals surface area contributed by atoms with Gasteiger partial charge in [-0.2, -0.15) is 5.10 Å². The fraction of sp³-hybridized carbons (Fsp3) is 0.353. The van der Waals surface area contributed by atoms with Crippen LogP contribution >= 0.6 is 0 Å². The lowest BCUT2D eigenvalue weighted by molar-refractivity contribution is 0.0885. The Morgan fingerprint density at radius 2 is 1.96 bits per heavy atom. The molecule has 1 aliphatic carbocycles. The molecule has 134 valence electrons. The van der Waals surface area contributed by atoms with Crippen LogP contribution < -0.4 is 15.8 Å². The van der Waals surface area contributed by atoms with Gasteiger partial charge in [-0.05, 0) is 31.7 Å². The summed E-state index contributed by atoms with van der Waals surface area (Å²) in [4.78, 5) is 24.5. The zero-order valence-corrected chi connectivity index (χ0v) is 14.1. The molecule has 1 aromatic carbocycles. The van der Waals surface area contributed by atoms with E-state index in [2.05, 4.69) is 30.5 Å². The summed E-state index contributed by atoms with van der Waals surface area (Å²) in [6.07, 6.45) is 7.97. The highest BCUT2D eigenvalue weighted by Gasteiger charge is 2.25. The standard InChI is InChI=1S/C17H19N7O2/c18-10-7-13-15(20-6-5-19-13)14(8-10)26-12-3-1-11(2-4-12)23-17(25)16-21-9-22-24-16/h5-9,11-12H,1-4,18H2,(H,23,25)(H,21,22,24). The molecule has 0 radical (unpaired) electrons. The van der Waals surface area contributed by atoms with E-state index in [1.807, 2.05) is 0 Å². The summed E-state index contributed by atoms with van der Waals surface area (Å²) >= 11 is 0. The molecule has 9 heteroatoms. The van der Waals surface area contributed by atoms with Crippen LogP contribution in [0.3, 0.4) is 0 Å². The SMILES string of the molecule is Nc1cc(OC2CCC(NC(=O)c3ncn[nH]3)CC2)c2nccnc2c1. The number of hydrogen-bond acceptors (Lipinski definition) is 7. The molecule has 1 saturated carbocycles. The van der Waals surface area contributed by atoms with E-state index in [0.29, 0.717) is 17.0 Å². The summed E-state index contributed by atoms with van der Waals surface area (Å²) in [5.74, 6) is 0.652. The van der Waals surface area contributed by atoms with Gasteiger partial charge in [0.25, 0.3) is 5.91 Å². The number of carbonyl (C=O) groups excluding carboxylic acids is 1. The van der Waals surface area contributed by atoms with Gasteiger partial charge in [0.1, 0.15) is 17.6 Å². The van der Waals surface area contributed by atoms with Crippen molar-refractivity contribution in [3.63, 3.8) is 0 Å². The lowest BCUT2D eigenvalue weighted by atomic mass is 9.93. The number of nitrogens with one attached hydrogen (secondary N) is 2. The highest BCUT2D eigenvalue weighted by atomic mass is 16.5. The Kier molecular flexibility index (Phi) is 4.34. The molecule has 3 aromatic rings. The maximum Gasteiger partial charge on any atom is 0.288 e. The van der Waals surface area contributed by atoms with Crippen molar-refractivity contribution in [1.29, 1.82) is 0 Å².